The molecule has 0 saturated carbocycles. The van der Waals surface area contributed by atoms with Gasteiger partial charge in [0.2, 0.25) is 5.91 Å². The van der Waals surface area contributed by atoms with Crippen LogP contribution in [0, 0.1) is 0 Å². The molecule has 0 saturated heterocycles. The van der Waals surface area contributed by atoms with E-state index in [9.17, 15) is 13.6 Å². The Hall–Kier alpha value is -0.930. The van der Waals surface area contributed by atoms with Crippen molar-refractivity contribution in [2.24, 2.45) is 0 Å². The fourth-order valence-electron chi connectivity index (χ4n) is 1.30. The zero-order valence-electron chi connectivity index (χ0n) is 7.52. The second-order valence-corrected chi connectivity index (χ2v) is 3.45. The van der Waals surface area contributed by atoms with Crippen LogP contribution >= 0.6 is 0 Å². The van der Waals surface area contributed by atoms with Crippen LogP contribution in [0.2, 0.25) is 0 Å². The van der Waals surface area contributed by atoms with Gasteiger partial charge in [-0.3, -0.25) is 4.79 Å². The lowest BCUT2D eigenvalue weighted by atomic mass is 10.2. The molecule has 0 radical (unpaired) electrons. The fourth-order valence-corrected chi connectivity index (χ4v) is 1.30. The molecule has 0 atom stereocenters. The molecule has 1 aliphatic rings. The molecule has 0 heterocycles. The lowest BCUT2D eigenvalue weighted by Crippen LogP contribution is -2.35. The Morgan fingerprint density at radius 2 is 2.08 bits per heavy atom. The molecule has 0 fully saturated rings. The molecule has 1 aliphatic carbocycles. The first-order valence-corrected chi connectivity index (χ1v) is 4.29. The second kappa shape index (κ2) is 3.85. The average molecular weight is 189 g/mol. The first-order chi connectivity index (χ1) is 5.97. The number of halogens is 2. The number of carbonyl (C=O) groups is 1. The number of hydrogen-bond acceptors (Lipinski definition) is 1. The van der Waals surface area contributed by atoms with Crippen LogP contribution in [0.1, 0.15) is 26.2 Å². The summed E-state index contributed by atoms with van der Waals surface area (Å²) in [6.45, 7) is 0.749. The molecule has 2 nitrogen and oxygen atoms in total. The maximum Gasteiger partial charge on any atom is 0.254 e. The van der Waals surface area contributed by atoms with Crippen molar-refractivity contribution in [1.29, 1.82) is 0 Å². The van der Waals surface area contributed by atoms with E-state index in [1.165, 1.54) is 0 Å². The summed E-state index contributed by atoms with van der Waals surface area (Å²) < 4.78 is 24.7. The van der Waals surface area contributed by atoms with E-state index in [1.54, 1.807) is 0 Å². The first-order valence-electron chi connectivity index (χ1n) is 4.29. The van der Waals surface area contributed by atoms with Crippen molar-refractivity contribution in [2.75, 3.05) is 0 Å². The molecule has 13 heavy (non-hydrogen) atoms. The molecule has 4 heteroatoms. The van der Waals surface area contributed by atoms with Crippen LogP contribution in [0.15, 0.2) is 12.2 Å². The van der Waals surface area contributed by atoms with Gasteiger partial charge >= 0.3 is 0 Å². The summed E-state index contributed by atoms with van der Waals surface area (Å²) in [5, 5.41) is 2.55. The molecular weight excluding hydrogens is 176 g/mol. The zero-order valence-corrected chi connectivity index (χ0v) is 7.52. The Morgan fingerprint density at radius 1 is 1.54 bits per heavy atom. The van der Waals surface area contributed by atoms with Gasteiger partial charge in [0, 0.05) is 6.04 Å². The van der Waals surface area contributed by atoms with Gasteiger partial charge in [-0.2, -0.15) is 0 Å². The van der Waals surface area contributed by atoms with E-state index in [0.717, 1.165) is 19.8 Å². The van der Waals surface area contributed by atoms with Crippen LogP contribution in [0.4, 0.5) is 8.78 Å². The van der Waals surface area contributed by atoms with Crippen molar-refractivity contribution in [3.63, 3.8) is 0 Å². The van der Waals surface area contributed by atoms with E-state index >= 15 is 0 Å². The lowest BCUT2D eigenvalue weighted by Gasteiger charge is -2.14. The third-order valence-corrected chi connectivity index (χ3v) is 1.84. The molecular formula is C9H13F2NO. The minimum Gasteiger partial charge on any atom is -0.353 e. The topological polar surface area (TPSA) is 29.1 Å². The van der Waals surface area contributed by atoms with Crippen molar-refractivity contribution in [1.82, 2.24) is 5.32 Å². The number of rotatable bonds is 3. The van der Waals surface area contributed by atoms with Crippen molar-refractivity contribution >= 4 is 5.91 Å². The van der Waals surface area contributed by atoms with Crippen LogP contribution in [0.3, 0.4) is 0 Å². The largest absolute Gasteiger partial charge is 0.353 e. The first kappa shape index (κ1) is 10.2. The van der Waals surface area contributed by atoms with Gasteiger partial charge in [0.05, 0.1) is 6.42 Å². The summed E-state index contributed by atoms with van der Waals surface area (Å²) in [6.07, 6.45) is 4.66. The number of amides is 1. The van der Waals surface area contributed by atoms with Crippen LogP contribution in [0.25, 0.3) is 0 Å². The molecule has 0 aromatic rings. The highest BCUT2D eigenvalue weighted by molar-refractivity contribution is 5.77. The molecule has 0 aromatic heterocycles. The van der Waals surface area contributed by atoms with E-state index in [1.807, 2.05) is 12.2 Å². The SMILES string of the molecule is CC(F)(F)CC(=O)NC1CC=CC1. The predicted octanol–water partition coefficient (Wildman–Crippen LogP) is 1.87. The minimum atomic E-state index is -2.91. The van der Waals surface area contributed by atoms with E-state index in [-0.39, 0.29) is 6.04 Å². The summed E-state index contributed by atoms with van der Waals surface area (Å²) >= 11 is 0. The van der Waals surface area contributed by atoms with E-state index < -0.39 is 18.3 Å². The Balaban J connectivity index is 2.25. The predicted molar refractivity (Wildman–Crippen MR) is 45.5 cm³/mol. The summed E-state index contributed by atoms with van der Waals surface area (Å²) in [5.41, 5.74) is 0. The molecule has 1 rings (SSSR count). The lowest BCUT2D eigenvalue weighted by molar-refractivity contribution is -0.127. The maximum absolute atomic E-state index is 12.4. The Morgan fingerprint density at radius 3 is 2.54 bits per heavy atom. The summed E-state index contributed by atoms with van der Waals surface area (Å²) in [4.78, 5) is 11.0. The number of carbonyl (C=O) groups excluding carboxylic acids is 1. The summed E-state index contributed by atoms with van der Waals surface area (Å²) in [6, 6.07) is 0.0230. The summed E-state index contributed by atoms with van der Waals surface area (Å²) in [7, 11) is 0. The van der Waals surface area contributed by atoms with Gasteiger partial charge in [0.25, 0.3) is 5.92 Å². The van der Waals surface area contributed by atoms with E-state index in [2.05, 4.69) is 5.32 Å². The average Bonchev–Trinajstić information content (AvgIpc) is 2.34. The Kier molecular flexibility index (Phi) is 3.01. The highest BCUT2D eigenvalue weighted by Crippen LogP contribution is 2.17. The van der Waals surface area contributed by atoms with Gasteiger partial charge in [-0.05, 0) is 19.8 Å². The molecule has 74 valence electrons. The third kappa shape index (κ3) is 4.01. The monoisotopic (exact) mass is 189 g/mol. The van der Waals surface area contributed by atoms with Gasteiger partial charge in [-0.25, -0.2) is 8.78 Å². The quantitative estimate of drug-likeness (QED) is 0.674. The Labute approximate surface area is 76.0 Å². The fraction of sp³-hybridized carbons (Fsp3) is 0.667. The van der Waals surface area contributed by atoms with Gasteiger partial charge in [-0.1, -0.05) is 12.2 Å². The van der Waals surface area contributed by atoms with Gasteiger partial charge in [0.15, 0.2) is 0 Å². The van der Waals surface area contributed by atoms with Gasteiger partial charge < -0.3 is 5.32 Å². The molecule has 0 aromatic carbocycles. The van der Waals surface area contributed by atoms with Crippen molar-refractivity contribution in [3.05, 3.63) is 12.2 Å². The van der Waals surface area contributed by atoms with E-state index in [4.69, 9.17) is 0 Å². The third-order valence-electron chi connectivity index (χ3n) is 1.84. The van der Waals surface area contributed by atoms with Crippen LogP contribution in [-0.2, 0) is 4.79 Å². The highest BCUT2D eigenvalue weighted by Gasteiger charge is 2.26. The van der Waals surface area contributed by atoms with E-state index in [0.29, 0.717) is 0 Å². The number of hydrogen-bond donors (Lipinski definition) is 1. The van der Waals surface area contributed by atoms with Crippen molar-refractivity contribution in [2.45, 2.75) is 38.2 Å². The maximum atomic E-state index is 12.4. The molecule has 0 unspecified atom stereocenters. The Bertz CT molecular complexity index is 212. The molecule has 1 N–H and O–H groups in total. The number of alkyl halides is 2. The normalized spacial score (nSPS) is 17.8. The van der Waals surface area contributed by atoms with Crippen molar-refractivity contribution < 1.29 is 13.6 Å². The highest BCUT2D eigenvalue weighted by atomic mass is 19.3. The van der Waals surface area contributed by atoms with Gasteiger partial charge in [0.1, 0.15) is 0 Å². The van der Waals surface area contributed by atoms with Crippen molar-refractivity contribution in [3.8, 4) is 0 Å². The van der Waals surface area contributed by atoms with Crippen LogP contribution in [0.5, 0.6) is 0 Å². The van der Waals surface area contributed by atoms with Gasteiger partial charge in [-0.15, -0.1) is 0 Å². The summed E-state index contributed by atoms with van der Waals surface area (Å²) in [5.74, 6) is -3.47. The molecule has 0 bridgehead atoms. The van der Waals surface area contributed by atoms with Crippen LogP contribution < -0.4 is 5.32 Å². The second-order valence-electron chi connectivity index (χ2n) is 3.45. The zero-order chi connectivity index (χ0) is 9.90. The number of nitrogens with one attached hydrogen (secondary N) is 1. The molecule has 1 amide bonds. The standard InChI is InChI=1S/C9H13F2NO/c1-9(10,11)6-8(13)12-7-4-2-3-5-7/h2-3,7H,4-6H2,1H3,(H,12,13). The van der Waals surface area contributed by atoms with Crippen LogP contribution in [-0.4, -0.2) is 17.9 Å². The molecule has 0 aliphatic heterocycles. The minimum absolute atomic E-state index is 0.0230. The smallest absolute Gasteiger partial charge is 0.254 e. The molecule has 0 spiro atoms.